The lowest BCUT2D eigenvalue weighted by atomic mass is 10.0. The Morgan fingerprint density at radius 3 is 2.77 bits per heavy atom. The summed E-state index contributed by atoms with van der Waals surface area (Å²) in [7, 11) is -3.53. The van der Waals surface area contributed by atoms with Gasteiger partial charge in [0.1, 0.15) is 5.82 Å². The van der Waals surface area contributed by atoms with Gasteiger partial charge in [0.25, 0.3) is 0 Å². The van der Waals surface area contributed by atoms with Crippen molar-refractivity contribution < 1.29 is 13.2 Å². The van der Waals surface area contributed by atoms with Gasteiger partial charge in [0.15, 0.2) is 0 Å². The van der Waals surface area contributed by atoms with Crippen LogP contribution in [0.5, 0.6) is 0 Å². The molecule has 166 valence electrons. The van der Waals surface area contributed by atoms with Crippen LogP contribution < -0.4 is 0 Å². The van der Waals surface area contributed by atoms with Crippen LogP contribution in [0, 0.1) is 0 Å². The molecule has 0 N–H and O–H groups in total. The first-order chi connectivity index (χ1) is 15.0. The molecule has 0 amide bonds. The second-order valence-corrected chi connectivity index (χ2v) is 11.1. The van der Waals surface area contributed by atoms with E-state index in [0.29, 0.717) is 37.2 Å². The predicted octanol–water partition coefficient (Wildman–Crippen LogP) is 3.26. The van der Waals surface area contributed by atoms with E-state index in [1.807, 2.05) is 17.4 Å². The Hall–Kier alpha value is -1.78. The van der Waals surface area contributed by atoms with Gasteiger partial charge in [-0.25, -0.2) is 13.4 Å². The molecule has 1 atom stereocenters. The first kappa shape index (κ1) is 21.1. The van der Waals surface area contributed by atoms with Crippen LogP contribution in [-0.2, 0) is 34.3 Å². The highest BCUT2D eigenvalue weighted by Gasteiger charge is 2.28. The lowest BCUT2D eigenvalue weighted by Crippen LogP contribution is -2.40. The van der Waals surface area contributed by atoms with Crippen LogP contribution in [0.3, 0.4) is 0 Å². The van der Waals surface area contributed by atoms with E-state index in [0.717, 1.165) is 42.9 Å². The summed E-state index contributed by atoms with van der Waals surface area (Å²) in [6, 6.07) is 7.94. The van der Waals surface area contributed by atoms with Gasteiger partial charge in [-0.05, 0) is 55.5 Å². The van der Waals surface area contributed by atoms with Crippen molar-refractivity contribution in [2.75, 3.05) is 32.8 Å². The van der Waals surface area contributed by atoms with Crippen LogP contribution in [0.2, 0.25) is 0 Å². The highest BCUT2D eigenvalue weighted by atomic mass is 32.2. The highest BCUT2D eigenvalue weighted by Crippen LogP contribution is 2.34. The van der Waals surface area contributed by atoms with Crippen molar-refractivity contribution in [3.05, 3.63) is 45.9 Å². The smallest absolute Gasteiger partial charge is 0.243 e. The fourth-order valence-corrected chi connectivity index (χ4v) is 7.08. The SMILES string of the molecule is CCn1c(CN2CCc3sccc3C2C)nc2cc(S(=O)(=O)N3CCOCC3)ccc21. The van der Waals surface area contributed by atoms with Crippen LogP contribution in [0.1, 0.15) is 36.2 Å². The van der Waals surface area contributed by atoms with Crippen LogP contribution in [0.25, 0.3) is 11.0 Å². The lowest BCUT2D eigenvalue weighted by molar-refractivity contribution is 0.0730. The summed E-state index contributed by atoms with van der Waals surface area (Å²) in [6.45, 7) is 8.61. The quantitative estimate of drug-likeness (QED) is 0.585. The Labute approximate surface area is 187 Å². The number of nitrogens with zero attached hydrogens (tertiary/aromatic N) is 4. The average Bonchev–Trinajstić information content (AvgIpc) is 3.40. The number of ether oxygens (including phenoxy) is 1. The largest absolute Gasteiger partial charge is 0.379 e. The Balaban J connectivity index is 1.46. The Morgan fingerprint density at radius 1 is 1.19 bits per heavy atom. The molecule has 0 bridgehead atoms. The van der Waals surface area contributed by atoms with Gasteiger partial charge in [0.05, 0.1) is 35.7 Å². The number of benzene rings is 1. The number of fused-ring (bicyclic) bond motifs is 2. The maximum Gasteiger partial charge on any atom is 0.243 e. The summed E-state index contributed by atoms with van der Waals surface area (Å²) in [5, 5.41) is 2.18. The molecule has 0 spiro atoms. The molecule has 4 heterocycles. The average molecular weight is 461 g/mol. The zero-order valence-corrected chi connectivity index (χ0v) is 19.6. The highest BCUT2D eigenvalue weighted by molar-refractivity contribution is 7.89. The van der Waals surface area contributed by atoms with Crippen LogP contribution in [0.15, 0.2) is 34.5 Å². The van der Waals surface area contributed by atoms with Crippen LogP contribution >= 0.6 is 11.3 Å². The predicted molar refractivity (Wildman–Crippen MR) is 122 cm³/mol. The van der Waals surface area contributed by atoms with Gasteiger partial charge in [0.2, 0.25) is 10.0 Å². The molecule has 2 aromatic heterocycles. The monoisotopic (exact) mass is 460 g/mol. The van der Waals surface area contributed by atoms with E-state index in [1.54, 1.807) is 12.1 Å². The third-order valence-electron chi connectivity index (χ3n) is 6.47. The fourth-order valence-electron chi connectivity index (χ4n) is 4.69. The van der Waals surface area contributed by atoms with Crippen molar-refractivity contribution in [1.29, 1.82) is 0 Å². The topological polar surface area (TPSA) is 67.7 Å². The van der Waals surface area contributed by atoms with E-state index in [2.05, 4.69) is 34.8 Å². The third-order valence-corrected chi connectivity index (χ3v) is 9.36. The summed E-state index contributed by atoms with van der Waals surface area (Å²) in [5.41, 5.74) is 3.15. The van der Waals surface area contributed by atoms with E-state index in [9.17, 15) is 8.42 Å². The molecule has 1 fully saturated rings. The zero-order chi connectivity index (χ0) is 21.6. The maximum absolute atomic E-state index is 13.1. The molecule has 1 saturated heterocycles. The van der Waals surface area contributed by atoms with E-state index < -0.39 is 10.0 Å². The van der Waals surface area contributed by atoms with Crippen molar-refractivity contribution in [1.82, 2.24) is 18.8 Å². The van der Waals surface area contributed by atoms with E-state index in [-0.39, 0.29) is 0 Å². The Morgan fingerprint density at radius 2 is 2.00 bits per heavy atom. The number of hydrogen-bond donors (Lipinski definition) is 0. The molecule has 0 aliphatic carbocycles. The second kappa shape index (κ2) is 8.29. The first-order valence-electron chi connectivity index (χ1n) is 10.9. The van der Waals surface area contributed by atoms with E-state index in [4.69, 9.17) is 9.72 Å². The third kappa shape index (κ3) is 3.72. The molecule has 2 aliphatic heterocycles. The summed E-state index contributed by atoms with van der Waals surface area (Å²) < 4.78 is 35.2. The van der Waals surface area contributed by atoms with Gasteiger partial charge in [-0.2, -0.15) is 4.31 Å². The van der Waals surface area contributed by atoms with E-state index >= 15 is 0 Å². The number of imidazole rings is 1. The molecule has 9 heteroatoms. The molecule has 31 heavy (non-hydrogen) atoms. The normalized spacial score (nSPS) is 20.9. The van der Waals surface area contributed by atoms with Crippen molar-refractivity contribution in [3.63, 3.8) is 0 Å². The first-order valence-corrected chi connectivity index (χ1v) is 13.2. The van der Waals surface area contributed by atoms with Crippen LogP contribution in [0.4, 0.5) is 0 Å². The van der Waals surface area contributed by atoms with E-state index in [1.165, 1.54) is 14.7 Å². The summed E-state index contributed by atoms with van der Waals surface area (Å²) in [5.74, 6) is 0.990. The fraction of sp³-hybridized carbons (Fsp3) is 0.500. The molecular formula is C22H28N4O3S2. The Kier molecular flexibility index (Phi) is 5.64. The number of aryl methyl sites for hydroxylation is 1. The lowest BCUT2D eigenvalue weighted by Gasteiger charge is -2.33. The summed E-state index contributed by atoms with van der Waals surface area (Å²) >= 11 is 1.85. The molecule has 7 nitrogen and oxygen atoms in total. The Bertz CT molecular complexity index is 1190. The minimum Gasteiger partial charge on any atom is -0.379 e. The minimum atomic E-state index is -3.53. The number of hydrogen-bond acceptors (Lipinski definition) is 6. The van der Waals surface area contributed by atoms with Gasteiger partial charge in [0, 0.05) is 37.1 Å². The maximum atomic E-state index is 13.1. The molecule has 3 aromatic rings. The minimum absolute atomic E-state index is 0.309. The molecule has 1 aromatic carbocycles. The summed E-state index contributed by atoms with van der Waals surface area (Å²) in [6.07, 6.45) is 1.08. The van der Waals surface area contributed by atoms with Gasteiger partial charge < -0.3 is 9.30 Å². The van der Waals surface area contributed by atoms with Gasteiger partial charge in [-0.15, -0.1) is 11.3 Å². The number of sulfonamides is 1. The summed E-state index contributed by atoms with van der Waals surface area (Å²) in [4.78, 5) is 9.16. The van der Waals surface area contributed by atoms with Gasteiger partial charge >= 0.3 is 0 Å². The van der Waals surface area contributed by atoms with Crippen molar-refractivity contribution in [2.45, 2.75) is 44.3 Å². The number of aromatic nitrogens is 2. The second-order valence-electron chi connectivity index (χ2n) is 8.13. The van der Waals surface area contributed by atoms with Crippen molar-refractivity contribution in [3.8, 4) is 0 Å². The van der Waals surface area contributed by atoms with Crippen molar-refractivity contribution in [2.24, 2.45) is 0 Å². The molecule has 1 unspecified atom stereocenters. The zero-order valence-electron chi connectivity index (χ0n) is 18.0. The van der Waals surface area contributed by atoms with Crippen molar-refractivity contribution >= 4 is 32.4 Å². The van der Waals surface area contributed by atoms with Gasteiger partial charge in [-0.3, -0.25) is 4.90 Å². The number of thiophene rings is 1. The molecule has 5 rings (SSSR count). The molecular weight excluding hydrogens is 432 g/mol. The number of rotatable bonds is 5. The molecule has 0 saturated carbocycles. The van der Waals surface area contributed by atoms with Gasteiger partial charge in [-0.1, -0.05) is 0 Å². The number of morpholine rings is 1. The van der Waals surface area contributed by atoms with Crippen LogP contribution in [-0.4, -0.2) is 60.0 Å². The molecule has 2 aliphatic rings. The standard InChI is InChI=1S/C22H28N4O3S2/c1-3-26-20-5-4-17(31(27,28)25-9-11-29-12-10-25)14-19(20)23-22(26)15-24-8-6-21-18(16(24)2)7-13-30-21/h4-5,7,13-14,16H,3,6,8-12,15H2,1-2H3. The molecule has 0 radical (unpaired) electrons.